The van der Waals surface area contributed by atoms with E-state index in [9.17, 15) is 0 Å². The van der Waals surface area contributed by atoms with Crippen LogP contribution in [0.3, 0.4) is 0 Å². The number of aromatic nitrogens is 4. The molecule has 0 aliphatic heterocycles. The van der Waals surface area contributed by atoms with Gasteiger partial charge >= 0.3 is 0 Å². The molecule has 1 aliphatic carbocycles. The summed E-state index contributed by atoms with van der Waals surface area (Å²) in [5, 5.41) is 0. The summed E-state index contributed by atoms with van der Waals surface area (Å²) in [7, 11) is 0. The van der Waals surface area contributed by atoms with Gasteiger partial charge < -0.3 is 4.98 Å². The predicted molar refractivity (Wildman–Crippen MR) is 55.0 cm³/mol. The highest BCUT2D eigenvalue weighted by Crippen LogP contribution is 2.28. The number of hydrogen-bond donors (Lipinski definition) is 1. The number of H-pyrrole nitrogens is 1. The third-order valence-electron chi connectivity index (χ3n) is 2.30. The van der Waals surface area contributed by atoms with Crippen LogP contribution in [0.15, 0.2) is 18.9 Å². The lowest BCUT2D eigenvalue weighted by Gasteiger charge is -2.13. The van der Waals surface area contributed by atoms with E-state index in [2.05, 4.69) is 19.9 Å². The van der Waals surface area contributed by atoms with Gasteiger partial charge in [0.2, 0.25) is 0 Å². The summed E-state index contributed by atoms with van der Waals surface area (Å²) in [6.45, 7) is 0. The first kappa shape index (κ1) is 7.75. The Balaban J connectivity index is 2.34. The fraction of sp³-hybridized carbons (Fsp3) is 0.111. The van der Waals surface area contributed by atoms with E-state index in [1.807, 2.05) is 0 Å². The number of nitrogens with one attached hydrogen (secondary N) is 1. The Morgan fingerprint density at radius 3 is 3.21 bits per heavy atom. The van der Waals surface area contributed by atoms with Crippen LogP contribution in [-0.4, -0.2) is 24.8 Å². The van der Waals surface area contributed by atoms with Gasteiger partial charge in [0.25, 0.3) is 0 Å². The van der Waals surface area contributed by atoms with Crippen molar-refractivity contribution in [3.05, 3.63) is 30.2 Å². The molecule has 2 aromatic heterocycles. The van der Waals surface area contributed by atoms with Crippen molar-refractivity contribution in [3.8, 4) is 11.3 Å². The van der Waals surface area contributed by atoms with Crippen LogP contribution in [0.4, 0.5) is 0 Å². The van der Waals surface area contributed by atoms with E-state index >= 15 is 0 Å². The minimum absolute atomic E-state index is 0.697. The van der Waals surface area contributed by atoms with E-state index in [4.69, 9.17) is 12.2 Å². The summed E-state index contributed by atoms with van der Waals surface area (Å²) in [6.07, 6.45) is 5.67. The zero-order chi connectivity index (χ0) is 9.54. The Kier molecular flexibility index (Phi) is 1.49. The molecule has 0 spiro atoms. The summed E-state index contributed by atoms with van der Waals surface area (Å²) in [4.78, 5) is 16.3. The van der Waals surface area contributed by atoms with E-state index in [-0.39, 0.29) is 0 Å². The Labute approximate surface area is 85.4 Å². The van der Waals surface area contributed by atoms with Crippen molar-refractivity contribution in [1.29, 1.82) is 0 Å². The highest BCUT2D eigenvalue weighted by molar-refractivity contribution is 7.80. The van der Waals surface area contributed by atoms with Crippen molar-refractivity contribution in [1.82, 2.24) is 19.9 Å². The molecule has 4 nitrogen and oxygen atoms in total. The molecule has 0 amide bonds. The molecule has 14 heavy (non-hydrogen) atoms. The molecular formula is C9H6N4S. The average Bonchev–Trinajstić information content (AvgIpc) is 2.67. The number of nitrogens with zero attached hydrogens (tertiary/aromatic N) is 3. The molecule has 0 atom stereocenters. The molecule has 2 aromatic rings. The maximum absolute atomic E-state index is 5.26. The van der Waals surface area contributed by atoms with Gasteiger partial charge in [0, 0.05) is 23.0 Å². The number of fused-ring (bicyclic) bond motifs is 3. The predicted octanol–water partition coefficient (Wildman–Crippen LogP) is 1.14. The van der Waals surface area contributed by atoms with E-state index in [0.29, 0.717) is 6.42 Å². The highest BCUT2D eigenvalue weighted by atomic mass is 32.1. The average molecular weight is 202 g/mol. The minimum atomic E-state index is 0.697. The van der Waals surface area contributed by atoms with Gasteiger partial charge in [-0.1, -0.05) is 12.2 Å². The number of imidazole rings is 1. The van der Waals surface area contributed by atoms with Crippen LogP contribution in [0, 0.1) is 0 Å². The number of hydrogen-bond acceptors (Lipinski definition) is 4. The third-order valence-corrected chi connectivity index (χ3v) is 2.64. The Bertz CT molecular complexity index is 517. The summed E-state index contributed by atoms with van der Waals surface area (Å²) >= 11 is 5.26. The summed E-state index contributed by atoms with van der Waals surface area (Å²) in [5.41, 5.74) is 3.75. The molecule has 0 saturated heterocycles. The first-order chi connectivity index (χ1) is 6.86. The van der Waals surface area contributed by atoms with Crippen LogP contribution in [0.5, 0.6) is 0 Å². The minimum Gasteiger partial charge on any atom is -0.344 e. The van der Waals surface area contributed by atoms with Crippen molar-refractivity contribution in [3.63, 3.8) is 0 Å². The van der Waals surface area contributed by atoms with Gasteiger partial charge in [-0.2, -0.15) is 0 Å². The molecule has 5 heteroatoms. The second-order valence-corrected chi connectivity index (χ2v) is 3.60. The molecule has 0 unspecified atom stereocenters. The maximum atomic E-state index is 5.26. The zero-order valence-electron chi connectivity index (χ0n) is 7.19. The first-order valence-electron chi connectivity index (χ1n) is 4.22. The monoisotopic (exact) mass is 202 g/mol. The molecule has 3 rings (SSSR count). The smallest absolute Gasteiger partial charge is 0.115 e. The Morgan fingerprint density at radius 2 is 2.29 bits per heavy atom. The van der Waals surface area contributed by atoms with Crippen molar-refractivity contribution in [2.24, 2.45) is 0 Å². The SMILES string of the molecule is S=C1Cc2ncncc2-c2nc[nH]c21. The highest BCUT2D eigenvalue weighted by Gasteiger charge is 2.22. The van der Waals surface area contributed by atoms with Crippen LogP contribution in [-0.2, 0) is 6.42 Å². The van der Waals surface area contributed by atoms with Crippen molar-refractivity contribution in [2.75, 3.05) is 0 Å². The zero-order valence-corrected chi connectivity index (χ0v) is 8.01. The lowest BCUT2D eigenvalue weighted by Crippen LogP contribution is -2.13. The van der Waals surface area contributed by atoms with Crippen LogP contribution in [0.1, 0.15) is 11.4 Å². The number of thiocarbonyl (C=S) groups is 1. The topological polar surface area (TPSA) is 54.5 Å². The van der Waals surface area contributed by atoms with Crippen LogP contribution in [0.25, 0.3) is 11.3 Å². The number of aromatic amines is 1. The Hall–Kier alpha value is -1.62. The molecule has 1 N–H and O–H groups in total. The normalized spacial score (nSPS) is 13.6. The van der Waals surface area contributed by atoms with Gasteiger partial charge in [-0.25, -0.2) is 15.0 Å². The van der Waals surface area contributed by atoms with Crippen molar-refractivity contribution < 1.29 is 0 Å². The van der Waals surface area contributed by atoms with E-state index in [1.54, 1.807) is 18.9 Å². The molecule has 0 saturated carbocycles. The summed E-state index contributed by atoms with van der Waals surface area (Å²) in [5.74, 6) is 0. The molecular weight excluding hydrogens is 196 g/mol. The van der Waals surface area contributed by atoms with Crippen LogP contribution >= 0.6 is 12.2 Å². The molecule has 0 aromatic carbocycles. The van der Waals surface area contributed by atoms with Crippen molar-refractivity contribution in [2.45, 2.75) is 6.42 Å². The quantitative estimate of drug-likeness (QED) is 0.651. The standard InChI is InChI=1S/C9H6N4S/c14-7-1-6-5(2-10-3-11-6)8-9(7)13-4-12-8/h2-4H,1H2,(H,12,13). The van der Waals surface area contributed by atoms with Gasteiger partial charge in [0.1, 0.15) is 6.33 Å². The van der Waals surface area contributed by atoms with Crippen LogP contribution < -0.4 is 0 Å². The summed E-state index contributed by atoms with van der Waals surface area (Å²) in [6, 6.07) is 0. The fourth-order valence-corrected chi connectivity index (χ4v) is 1.94. The van der Waals surface area contributed by atoms with E-state index < -0.39 is 0 Å². The second kappa shape index (κ2) is 2.68. The van der Waals surface area contributed by atoms with Gasteiger partial charge in [-0.05, 0) is 0 Å². The maximum Gasteiger partial charge on any atom is 0.115 e. The first-order valence-corrected chi connectivity index (χ1v) is 4.63. The van der Waals surface area contributed by atoms with E-state index in [0.717, 1.165) is 27.5 Å². The summed E-state index contributed by atoms with van der Waals surface area (Å²) < 4.78 is 0. The molecule has 0 radical (unpaired) electrons. The molecule has 1 aliphatic rings. The lowest BCUT2D eigenvalue weighted by molar-refractivity contribution is 1.06. The van der Waals surface area contributed by atoms with Gasteiger partial charge in [0.05, 0.1) is 23.4 Å². The van der Waals surface area contributed by atoms with Crippen molar-refractivity contribution >= 4 is 17.1 Å². The molecule has 0 fully saturated rings. The van der Waals surface area contributed by atoms with Crippen LogP contribution in [0.2, 0.25) is 0 Å². The van der Waals surface area contributed by atoms with E-state index in [1.165, 1.54) is 0 Å². The molecule has 0 bridgehead atoms. The van der Waals surface area contributed by atoms with Gasteiger partial charge in [-0.15, -0.1) is 0 Å². The second-order valence-electron chi connectivity index (χ2n) is 3.11. The number of rotatable bonds is 0. The lowest BCUT2D eigenvalue weighted by atomic mass is 9.98. The Morgan fingerprint density at radius 1 is 1.36 bits per heavy atom. The van der Waals surface area contributed by atoms with Gasteiger partial charge in [0.15, 0.2) is 0 Å². The van der Waals surface area contributed by atoms with Gasteiger partial charge in [-0.3, -0.25) is 0 Å². The largest absolute Gasteiger partial charge is 0.344 e. The fourth-order valence-electron chi connectivity index (χ4n) is 1.65. The molecule has 2 heterocycles. The molecule has 68 valence electrons. The third kappa shape index (κ3) is 0.927.